The molecule has 1 unspecified atom stereocenters. The Morgan fingerprint density at radius 3 is 2.80 bits per heavy atom. The van der Waals surface area contributed by atoms with Crippen molar-refractivity contribution in [3.63, 3.8) is 0 Å². The number of H-pyrrole nitrogens is 1. The van der Waals surface area contributed by atoms with Crippen LogP contribution in [0.5, 0.6) is 0 Å². The molecule has 1 aromatic carbocycles. The number of aromatic amines is 1. The first kappa shape index (κ1) is 16.2. The van der Waals surface area contributed by atoms with Gasteiger partial charge in [0.1, 0.15) is 0 Å². The van der Waals surface area contributed by atoms with Crippen molar-refractivity contribution >= 4 is 22.2 Å². The van der Waals surface area contributed by atoms with Crippen molar-refractivity contribution in [3.8, 4) is 0 Å². The van der Waals surface area contributed by atoms with Crippen molar-refractivity contribution in [2.45, 2.75) is 52.5 Å². The number of para-hydroxylation sites is 1. The summed E-state index contributed by atoms with van der Waals surface area (Å²) in [5.41, 5.74) is 7.35. The average molecular weight is 338 g/mol. The van der Waals surface area contributed by atoms with Crippen LogP contribution in [0.15, 0.2) is 30.0 Å². The zero-order valence-corrected chi connectivity index (χ0v) is 15.0. The molecule has 1 aliphatic carbocycles. The van der Waals surface area contributed by atoms with Crippen LogP contribution in [0.25, 0.3) is 16.5 Å². The highest BCUT2D eigenvalue weighted by molar-refractivity contribution is 6.13. The van der Waals surface area contributed by atoms with Crippen LogP contribution in [0, 0.1) is 15.8 Å². The molecule has 2 aliphatic rings. The van der Waals surface area contributed by atoms with Gasteiger partial charge in [0.15, 0.2) is 11.8 Å². The number of hydrogen-bond donors (Lipinski definition) is 2. The molecule has 2 N–H and O–H groups in total. The van der Waals surface area contributed by atoms with E-state index < -0.39 is 0 Å². The number of nitrogens with one attached hydrogen (secondary N) is 2. The zero-order chi connectivity index (χ0) is 17.8. The second kappa shape index (κ2) is 5.63. The van der Waals surface area contributed by atoms with Crippen molar-refractivity contribution in [2.24, 2.45) is 5.41 Å². The van der Waals surface area contributed by atoms with Crippen LogP contribution in [-0.4, -0.2) is 21.5 Å². The highest BCUT2D eigenvalue weighted by atomic mass is 16.5. The summed E-state index contributed by atoms with van der Waals surface area (Å²) in [6.45, 7) is 6.33. The summed E-state index contributed by atoms with van der Waals surface area (Å²) >= 11 is 0. The molecule has 0 amide bonds. The predicted molar refractivity (Wildman–Crippen MR) is 101 cm³/mol. The lowest BCUT2D eigenvalue weighted by Gasteiger charge is -2.40. The van der Waals surface area contributed by atoms with Crippen molar-refractivity contribution in [1.82, 2.24) is 10.5 Å². The van der Waals surface area contributed by atoms with E-state index in [1.807, 2.05) is 24.3 Å². The van der Waals surface area contributed by atoms with Gasteiger partial charge in [-0.15, -0.1) is 0 Å². The van der Waals surface area contributed by atoms with Crippen LogP contribution in [0.4, 0.5) is 0 Å². The van der Waals surface area contributed by atoms with Crippen molar-refractivity contribution in [1.29, 1.82) is 0 Å². The van der Waals surface area contributed by atoms with Gasteiger partial charge < -0.3 is 20.9 Å². The maximum atomic E-state index is 13.3. The topological polar surface area (TPSA) is 76.9 Å². The van der Waals surface area contributed by atoms with Gasteiger partial charge in [-0.3, -0.25) is 0 Å². The van der Waals surface area contributed by atoms with Crippen molar-refractivity contribution in [3.05, 3.63) is 51.6 Å². The van der Waals surface area contributed by atoms with Crippen LogP contribution in [0.1, 0.15) is 57.7 Å². The molecule has 0 spiro atoms. The maximum Gasteiger partial charge on any atom is 0.197 e. The highest BCUT2D eigenvalue weighted by Gasteiger charge is 2.45. The molecule has 1 atom stereocenters. The number of hydrogen-bond acceptors (Lipinski definition) is 3. The molecule has 1 aromatic heterocycles. The van der Waals surface area contributed by atoms with Gasteiger partial charge in [0.25, 0.3) is 0 Å². The lowest BCUT2D eigenvalue weighted by atomic mass is 9.71. The Morgan fingerprint density at radius 1 is 1.32 bits per heavy atom. The molecule has 1 aliphatic heterocycles. The molecule has 2 heterocycles. The molecule has 0 saturated heterocycles. The summed E-state index contributed by atoms with van der Waals surface area (Å²) in [5.74, 6) is 0. The monoisotopic (exact) mass is 338 g/mol. The van der Waals surface area contributed by atoms with Crippen LogP contribution < -0.4 is 5.48 Å². The minimum absolute atomic E-state index is 0.0790. The smallest absolute Gasteiger partial charge is 0.197 e. The maximum absolute atomic E-state index is 13.3. The number of rotatable bonds is 3. The third-order valence-corrected chi connectivity index (χ3v) is 5.48. The minimum Gasteiger partial charge on any atom is -0.761 e. The lowest BCUT2D eigenvalue weighted by Crippen LogP contribution is -2.42. The lowest BCUT2D eigenvalue weighted by molar-refractivity contribution is -0.491. The van der Waals surface area contributed by atoms with E-state index in [0.29, 0.717) is 12.1 Å². The molecule has 0 bridgehead atoms. The van der Waals surface area contributed by atoms with Crippen molar-refractivity contribution in [2.75, 3.05) is 0 Å². The fraction of sp³-hybridized carbons (Fsp3) is 0.450. The number of allylic oxidation sites excluding steroid dienone is 1. The first-order chi connectivity index (χ1) is 12.0. The molecule has 0 fully saturated rings. The van der Waals surface area contributed by atoms with Gasteiger partial charge in [-0.2, -0.15) is 0 Å². The number of aromatic nitrogens is 1. The Balaban J connectivity index is 2.07. The molecule has 132 valence electrons. The summed E-state index contributed by atoms with van der Waals surface area (Å²) in [6.07, 6.45) is 3.06. The summed E-state index contributed by atoms with van der Waals surface area (Å²) in [4.78, 5) is 3.49. The first-order valence-corrected chi connectivity index (χ1v) is 9.01. The van der Waals surface area contributed by atoms with E-state index in [9.17, 15) is 10.4 Å². The van der Waals surface area contributed by atoms with Gasteiger partial charge in [-0.05, 0) is 24.3 Å². The van der Waals surface area contributed by atoms with Gasteiger partial charge in [0.05, 0.1) is 16.8 Å². The van der Waals surface area contributed by atoms with Crippen LogP contribution in [0.2, 0.25) is 0 Å². The normalized spacial score (nSPS) is 22.2. The molecule has 2 aromatic rings. The van der Waals surface area contributed by atoms with Crippen LogP contribution in [-0.2, 0) is 0 Å². The number of fused-ring (bicyclic) bond motifs is 5. The summed E-state index contributed by atoms with van der Waals surface area (Å²) in [6, 6.07) is 7.75. The number of nitrogens with zero attached hydrogens (tertiary/aromatic N) is 1. The molecule has 0 saturated carbocycles. The Kier molecular flexibility index (Phi) is 3.65. The average Bonchev–Trinajstić information content (AvgIpc) is 2.96. The quantitative estimate of drug-likeness (QED) is 0.498. The first-order valence-electron chi connectivity index (χ1n) is 9.01. The molecular weight excluding hydrogens is 314 g/mol. The van der Waals surface area contributed by atoms with Crippen LogP contribution in [0.3, 0.4) is 0 Å². The third-order valence-electron chi connectivity index (χ3n) is 5.48. The second-order valence-electron chi connectivity index (χ2n) is 8.00. The molecule has 0 radical (unpaired) electrons. The highest BCUT2D eigenvalue weighted by Crippen LogP contribution is 2.46. The Bertz CT molecular complexity index is 905. The van der Waals surface area contributed by atoms with Crippen LogP contribution >= 0.6 is 0 Å². The van der Waals surface area contributed by atoms with Gasteiger partial charge in [-0.25, -0.2) is 4.74 Å². The van der Waals surface area contributed by atoms with E-state index in [0.717, 1.165) is 52.7 Å². The molecule has 4 rings (SSSR count). The summed E-state index contributed by atoms with van der Waals surface area (Å²) in [5, 5.41) is 26.1. The molecule has 5 heteroatoms. The Morgan fingerprint density at radius 2 is 2.08 bits per heavy atom. The Labute approximate surface area is 147 Å². The number of benzene rings is 1. The van der Waals surface area contributed by atoms with Crippen molar-refractivity contribution < 1.29 is 4.74 Å². The standard InChI is InChI=1S/C20H24N3O2/c1-4-7-15-17-12-8-5-6-9-13(12)21-19(17)18-14(22-24)10-20(2,3)11-16(18)23(15)25/h5-6,8-9,16,21-22H,4,7,10-11H2,1-3H3/q-1. The van der Waals surface area contributed by atoms with Gasteiger partial charge >= 0.3 is 0 Å². The second-order valence-corrected chi connectivity index (χ2v) is 8.00. The van der Waals surface area contributed by atoms with E-state index >= 15 is 0 Å². The SMILES string of the molecule is CCCC1=[N+]([O-])C2CC(C)(C)CC(N[O-])=C2c2[nH]c3ccccc3c21. The number of hydroxylamine groups is 2. The van der Waals surface area contributed by atoms with E-state index in [1.54, 1.807) is 0 Å². The fourth-order valence-corrected chi connectivity index (χ4v) is 4.50. The minimum atomic E-state index is -0.303. The van der Waals surface area contributed by atoms with E-state index in [2.05, 4.69) is 31.2 Å². The van der Waals surface area contributed by atoms with E-state index in [4.69, 9.17) is 0 Å². The van der Waals surface area contributed by atoms with Gasteiger partial charge in [-0.1, -0.05) is 39.0 Å². The fourth-order valence-electron chi connectivity index (χ4n) is 4.50. The van der Waals surface area contributed by atoms with E-state index in [-0.39, 0.29) is 11.5 Å². The molecular formula is C20H24N3O2-. The zero-order valence-electron chi connectivity index (χ0n) is 15.0. The molecule has 25 heavy (non-hydrogen) atoms. The summed E-state index contributed by atoms with van der Waals surface area (Å²) < 4.78 is 1.18. The summed E-state index contributed by atoms with van der Waals surface area (Å²) in [7, 11) is 0. The molecule has 5 nitrogen and oxygen atoms in total. The van der Waals surface area contributed by atoms with Gasteiger partial charge in [0, 0.05) is 29.4 Å². The van der Waals surface area contributed by atoms with E-state index in [1.165, 1.54) is 4.74 Å². The Hall–Kier alpha value is -2.27. The third kappa shape index (κ3) is 2.37. The van der Waals surface area contributed by atoms with Gasteiger partial charge in [0.2, 0.25) is 0 Å². The largest absolute Gasteiger partial charge is 0.761 e. The predicted octanol–water partition coefficient (Wildman–Crippen LogP) is 4.27.